The number of aliphatic carboxylic acids is 1. The highest BCUT2D eigenvalue weighted by molar-refractivity contribution is 7.92. The SMILES string of the molecule is CC(C)(CN1CCCCCCc2sccc2-c2nc(cnc2-n2ccc(OCC(C)(C)C(F)(F)F)n2)NS(=O)(=O)c2cccc1n2)C(=O)O. The molecule has 264 valence electrons. The summed E-state index contributed by atoms with van der Waals surface area (Å²) in [5.74, 6) is -0.553. The number of ether oxygens (including phenoxy) is 1. The number of carboxylic acid groups (broad SMARTS) is 1. The third kappa shape index (κ3) is 8.32. The second-order valence-corrected chi connectivity index (χ2v) is 15.8. The Labute approximate surface area is 286 Å². The fourth-order valence-electron chi connectivity index (χ4n) is 5.04. The lowest BCUT2D eigenvalue weighted by atomic mass is 9.93. The number of fused-ring (bicyclic) bond motifs is 6. The van der Waals surface area contributed by atoms with Crippen molar-refractivity contribution in [1.82, 2.24) is 24.7 Å². The molecule has 1 aliphatic heterocycles. The van der Waals surface area contributed by atoms with Gasteiger partial charge in [-0.15, -0.1) is 16.4 Å². The number of anilines is 2. The normalized spacial score (nSPS) is 15.9. The first kappa shape index (κ1) is 36.0. The van der Waals surface area contributed by atoms with Crippen molar-refractivity contribution in [3.63, 3.8) is 0 Å². The van der Waals surface area contributed by atoms with Crippen LogP contribution in [0.2, 0.25) is 0 Å². The van der Waals surface area contributed by atoms with Crippen molar-refractivity contribution in [2.45, 2.75) is 71.0 Å². The van der Waals surface area contributed by atoms with Crippen molar-refractivity contribution < 1.29 is 36.2 Å². The van der Waals surface area contributed by atoms with Crippen molar-refractivity contribution in [2.75, 3.05) is 29.3 Å². The number of nitrogens with one attached hydrogen (secondary N) is 1. The molecule has 0 saturated heterocycles. The minimum Gasteiger partial charge on any atom is -0.481 e. The number of carboxylic acids is 1. The molecule has 5 heterocycles. The van der Waals surface area contributed by atoms with Gasteiger partial charge >= 0.3 is 12.1 Å². The lowest BCUT2D eigenvalue weighted by Gasteiger charge is -2.31. The van der Waals surface area contributed by atoms with Crippen LogP contribution in [-0.4, -0.2) is 70.1 Å². The first-order chi connectivity index (χ1) is 23.0. The van der Waals surface area contributed by atoms with Crippen molar-refractivity contribution in [1.29, 1.82) is 0 Å². The topological polar surface area (TPSA) is 152 Å². The number of hydrogen-bond donors (Lipinski definition) is 2. The van der Waals surface area contributed by atoms with E-state index >= 15 is 0 Å². The molecular weight excluding hydrogens is 684 g/mol. The van der Waals surface area contributed by atoms with E-state index in [1.54, 1.807) is 26.0 Å². The molecule has 1 aliphatic rings. The first-order valence-corrected chi connectivity index (χ1v) is 18.0. The second-order valence-electron chi connectivity index (χ2n) is 13.2. The zero-order valence-corrected chi connectivity index (χ0v) is 29.1. The van der Waals surface area contributed by atoms with E-state index in [9.17, 15) is 31.5 Å². The number of halogens is 3. The zero-order valence-electron chi connectivity index (χ0n) is 27.5. The van der Waals surface area contributed by atoms with Gasteiger partial charge in [0.2, 0.25) is 5.88 Å². The fourth-order valence-corrected chi connectivity index (χ4v) is 6.92. The molecule has 12 nitrogen and oxygen atoms in total. The van der Waals surface area contributed by atoms with E-state index in [0.29, 0.717) is 24.5 Å². The second kappa shape index (κ2) is 13.9. The highest BCUT2D eigenvalue weighted by atomic mass is 32.2. The van der Waals surface area contributed by atoms with Gasteiger partial charge in [0.05, 0.1) is 17.0 Å². The zero-order chi connectivity index (χ0) is 35.6. The van der Waals surface area contributed by atoms with E-state index in [4.69, 9.17) is 4.74 Å². The summed E-state index contributed by atoms with van der Waals surface area (Å²) in [5, 5.41) is 15.7. The summed E-state index contributed by atoms with van der Waals surface area (Å²) in [6, 6.07) is 7.83. The summed E-state index contributed by atoms with van der Waals surface area (Å²) in [5.41, 5.74) is -2.18. The van der Waals surface area contributed by atoms with E-state index < -0.39 is 39.6 Å². The van der Waals surface area contributed by atoms with E-state index in [1.165, 1.54) is 40.5 Å². The minimum atomic E-state index is -4.47. The minimum absolute atomic E-state index is 0.0438. The highest BCUT2D eigenvalue weighted by Crippen LogP contribution is 2.38. The van der Waals surface area contributed by atoms with Crippen LogP contribution in [0.15, 0.2) is 53.1 Å². The Morgan fingerprint density at radius 1 is 1.06 bits per heavy atom. The van der Waals surface area contributed by atoms with Crippen LogP contribution in [0.25, 0.3) is 17.1 Å². The van der Waals surface area contributed by atoms with Gasteiger partial charge in [-0.2, -0.15) is 21.6 Å². The van der Waals surface area contributed by atoms with Crippen molar-refractivity contribution in [3.05, 3.63) is 53.0 Å². The molecule has 0 spiro atoms. The number of nitrogens with zero attached hydrogens (tertiary/aromatic N) is 6. The van der Waals surface area contributed by atoms with Crippen molar-refractivity contribution >= 4 is 39.0 Å². The van der Waals surface area contributed by atoms with Gasteiger partial charge in [0.25, 0.3) is 10.0 Å². The standard InChI is InChI=1S/C32H38F3N7O5S2/c1-30(2,29(43)44)19-41-15-8-6-5-7-10-22-21(14-17-48-22)27-28(42-16-13-25(39-42)47-20-31(3,4)32(33,34)35)36-18-23(37-27)40-49(45,46)26-12-9-11-24(41)38-26/h9,11-14,16-18H,5-8,10,15,19-20H2,1-4H3,(H,37,40)(H,43,44). The van der Waals surface area contributed by atoms with Gasteiger partial charge in [-0.1, -0.05) is 18.9 Å². The monoisotopic (exact) mass is 721 g/mol. The van der Waals surface area contributed by atoms with Crippen LogP contribution in [0.5, 0.6) is 5.88 Å². The molecular formula is C32H38F3N7O5S2. The number of pyridine rings is 1. The lowest BCUT2D eigenvalue weighted by molar-refractivity contribution is -0.219. The Morgan fingerprint density at radius 2 is 1.82 bits per heavy atom. The Balaban J connectivity index is 1.52. The van der Waals surface area contributed by atoms with E-state index in [0.717, 1.165) is 50.0 Å². The van der Waals surface area contributed by atoms with E-state index in [1.807, 2.05) is 16.3 Å². The van der Waals surface area contributed by atoms with Gasteiger partial charge in [-0.25, -0.2) is 19.6 Å². The molecule has 0 radical (unpaired) electrons. The van der Waals surface area contributed by atoms with Gasteiger partial charge in [0, 0.05) is 35.8 Å². The Kier molecular flexibility index (Phi) is 10.2. The van der Waals surface area contributed by atoms with Gasteiger partial charge < -0.3 is 14.7 Å². The van der Waals surface area contributed by atoms with Gasteiger partial charge in [0.1, 0.15) is 18.1 Å². The number of aromatic nitrogens is 5. The number of hydrogen-bond acceptors (Lipinski definition) is 10. The Morgan fingerprint density at radius 3 is 2.55 bits per heavy atom. The molecule has 49 heavy (non-hydrogen) atoms. The van der Waals surface area contributed by atoms with Gasteiger partial charge in [-0.05, 0) is 70.5 Å². The highest BCUT2D eigenvalue weighted by Gasteiger charge is 2.48. The molecule has 0 saturated carbocycles. The van der Waals surface area contributed by atoms with E-state index in [-0.39, 0.29) is 29.1 Å². The lowest BCUT2D eigenvalue weighted by Crippen LogP contribution is -2.40. The summed E-state index contributed by atoms with van der Waals surface area (Å²) in [6.07, 6.45) is 2.28. The maximum Gasteiger partial charge on any atom is 0.397 e. The average molecular weight is 722 g/mol. The number of carbonyl (C=O) groups is 1. The number of rotatable bonds is 7. The molecule has 0 unspecified atom stereocenters. The van der Waals surface area contributed by atoms with Gasteiger partial charge in [-0.3, -0.25) is 9.52 Å². The molecule has 0 aromatic carbocycles. The van der Waals surface area contributed by atoms with Crippen LogP contribution in [-0.2, 0) is 21.2 Å². The van der Waals surface area contributed by atoms with Crippen molar-refractivity contribution in [3.8, 4) is 23.0 Å². The number of sulfonamides is 1. The quantitative estimate of drug-likeness (QED) is 0.214. The molecule has 5 rings (SSSR count). The van der Waals surface area contributed by atoms with Crippen LogP contribution in [0, 0.1) is 10.8 Å². The fraction of sp³-hybridized carbons (Fsp3) is 0.469. The molecule has 2 N–H and O–H groups in total. The number of alkyl halides is 3. The largest absolute Gasteiger partial charge is 0.481 e. The molecule has 4 aromatic rings. The molecule has 0 atom stereocenters. The third-order valence-corrected chi connectivity index (χ3v) is 10.4. The van der Waals surface area contributed by atoms with Crippen LogP contribution in [0.3, 0.4) is 0 Å². The maximum absolute atomic E-state index is 13.6. The Bertz CT molecular complexity index is 1910. The van der Waals surface area contributed by atoms with Gasteiger partial charge in [0.15, 0.2) is 16.7 Å². The van der Waals surface area contributed by atoms with Crippen LogP contribution in [0.1, 0.15) is 58.3 Å². The predicted octanol–water partition coefficient (Wildman–Crippen LogP) is 6.59. The maximum atomic E-state index is 13.6. The summed E-state index contributed by atoms with van der Waals surface area (Å²) < 4.78 is 76.6. The summed E-state index contributed by atoms with van der Waals surface area (Å²) >= 11 is 1.52. The Hall–Kier alpha value is -4.25. The van der Waals surface area contributed by atoms with E-state index in [2.05, 4.69) is 24.8 Å². The predicted molar refractivity (Wildman–Crippen MR) is 179 cm³/mol. The number of thiophene rings is 1. The van der Waals surface area contributed by atoms with Crippen LogP contribution >= 0.6 is 11.3 Å². The summed E-state index contributed by atoms with van der Waals surface area (Å²) in [6.45, 7) is 5.28. The summed E-state index contributed by atoms with van der Waals surface area (Å²) in [7, 11) is -4.28. The molecule has 4 aromatic heterocycles. The number of aryl methyl sites for hydroxylation is 1. The molecule has 0 amide bonds. The first-order valence-electron chi connectivity index (χ1n) is 15.6. The molecule has 0 aliphatic carbocycles. The molecule has 4 bridgehead atoms. The van der Waals surface area contributed by atoms with Crippen molar-refractivity contribution in [2.24, 2.45) is 10.8 Å². The average Bonchev–Trinajstić information content (AvgIpc) is 3.70. The molecule has 17 heteroatoms. The third-order valence-electron chi connectivity index (χ3n) is 8.18. The van der Waals surface area contributed by atoms with Crippen LogP contribution in [0.4, 0.5) is 24.8 Å². The molecule has 0 fully saturated rings. The van der Waals surface area contributed by atoms with Crippen LogP contribution < -0.4 is 14.4 Å². The summed E-state index contributed by atoms with van der Waals surface area (Å²) in [4.78, 5) is 28.3. The smallest absolute Gasteiger partial charge is 0.397 e.